The highest BCUT2D eigenvalue weighted by Gasteiger charge is 2.53. The number of fused-ring (bicyclic) bond motifs is 2. The summed E-state index contributed by atoms with van der Waals surface area (Å²) >= 11 is 1.35. The highest BCUT2D eigenvalue weighted by Crippen LogP contribution is 2.54. The van der Waals surface area contributed by atoms with E-state index in [0.717, 1.165) is 13.0 Å². The summed E-state index contributed by atoms with van der Waals surface area (Å²) in [5.41, 5.74) is -1.31. The smallest absolute Gasteiger partial charge is 0.420 e. The quantitative estimate of drug-likeness (QED) is 0.173. The number of alkyl halides is 7. The van der Waals surface area contributed by atoms with E-state index in [4.69, 9.17) is 9.47 Å². The van der Waals surface area contributed by atoms with Crippen LogP contribution in [-0.2, 0) is 15.7 Å². The molecule has 0 spiro atoms. The summed E-state index contributed by atoms with van der Waals surface area (Å²) in [7, 11) is 1.88. The number of esters is 1. The second kappa shape index (κ2) is 12.2. The zero-order valence-electron chi connectivity index (χ0n) is 24.3. The molecular formula is C29H39F7N2O3S. The van der Waals surface area contributed by atoms with Crippen LogP contribution < -0.4 is 9.64 Å². The zero-order chi connectivity index (χ0) is 31.1. The van der Waals surface area contributed by atoms with E-state index in [2.05, 4.69) is 0 Å². The molecule has 5 nitrogen and oxygen atoms in total. The van der Waals surface area contributed by atoms with Gasteiger partial charge < -0.3 is 14.4 Å². The van der Waals surface area contributed by atoms with Gasteiger partial charge in [0.25, 0.3) is 0 Å². The Kier molecular flexibility index (Phi) is 9.62. The van der Waals surface area contributed by atoms with E-state index in [1.54, 1.807) is 6.92 Å². The normalized spacial score (nSPS) is 26.5. The zero-order valence-corrected chi connectivity index (χ0v) is 25.2. The molecule has 1 aromatic carbocycles. The fourth-order valence-electron chi connectivity index (χ4n) is 5.99. The number of rotatable bonds is 7. The standard InChI is InChI=1S/C25H31F5N2O3S.C4H8F2/c1-3-34-22(33)23(4-5-23)14-35-20-11-21-19(10-18(20)25(28,29)30)32(7-6-31(2)36-21)17-8-15-12-24(26,27)13-16(15)9-17;1-3-4(2,5)6/h10-11,15-17H,3-9,12-14H2,1-2H3;3H2,1-2H3. The summed E-state index contributed by atoms with van der Waals surface area (Å²) in [6, 6.07) is 2.49. The van der Waals surface area contributed by atoms with Crippen molar-refractivity contribution in [2.24, 2.45) is 17.3 Å². The molecule has 238 valence electrons. The first-order valence-corrected chi connectivity index (χ1v) is 15.2. The minimum absolute atomic E-state index is 0.0625. The fourth-order valence-corrected chi connectivity index (χ4v) is 6.93. The van der Waals surface area contributed by atoms with Crippen LogP contribution in [0, 0.1) is 17.3 Å². The van der Waals surface area contributed by atoms with Crippen molar-refractivity contribution in [3.05, 3.63) is 17.7 Å². The third-order valence-corrected chi connectivity index (χ3v) is 9.67. The molecule has 0 radical (unpaired) electrons. The van der Waals surface area contributed by atoms with Crippen LogP contribution in [-0.4, -0.2) is 61.5 Å². The van der Waals surface area contributed by atoms with Crippen LogP contribution in [0.2, 0.25) is 0 Å². The van der Waals surface area contributed by atoms with Crippen molar-refractivity contribution in [1.29, 1.82) is 0 Å². The van der Waals surface area contributed by atoms with E-state index >= 15 is 0 Å². The molecule has 0 N–H and O–H groups in total. The van der Waals surface area contributed by atoms with Crippen LogP contribution in [0.4, 0.5) is 36.4 Å². The average molecular weight is 629 g/mol. The van der Waals surface area contributed by atoms with Crippen LogP contribution in [0.15, 0.2) is 17.0 Å². The molecule has 3 fully saturated rings. The predicted molar refractivity (Wildman–Crippen MR) is 146 cm³/mol. The lowest BCUT2D eigenvalue weighted by Crippen LogP contribution is -2.38. The lowest BCUT2D eigenvalue weighted by molar-refractivity contribution is -0.151. The third kappa shape index (κ3) is 7.78. The van der Waals surface area contributed by atoms with Gasteiger partial charge >= 0.3 is 12.1 Å². The molecule has 42 heavy (non-hydrogen) atoms. The largest absolute Gasteiger partial charge is 0.492 e. The first-order valence-electron chi connectivity index (χ1n) is 14.4. The Morgan fingerprint density at radius 1 is 1.05 bits per heavy atom. The van der Waals surface area contributed by atoms with Crippen molar-refractivity contribution >= 4 is 23.6 Å². The lowest BCUT2D eigenvalue weighted by Gasteiger charge is -2.32. The van der Waals surface area contributed by atoms with Gasteiger partial charge in [-0.2, -0.15) is 13.2 Å². The molecule has 3 saturated carbocycles. The van der Waals surface area contributed by atoms with Gasteiger partial charge in [0.15, 0.2) is 0 Å². The predicted octanol–water partition coefficient (Wildman–Crippen LogP) is 8.06. The van der Waals surface area contributed by atoms with E-state index in [9.17, 15) is 35.5 Å². The molecule has 0 amide bonds. The Labute approximate surface area is 246 Å². The molecule has 0 bridgehead atoms. The number of carbonyl (C=O) groups excluding carboxylic acids is 1. The maximum atomic E-state index is 14.2. The molecule has 1 heterocycles. The van der Waals surface area contributed by atoms with Crippen molar-refractivity contribution in [3.63, 3.8) is 0 Å². The van der Waals surface area contributed by atoms with Gasteiger partial charge in [-0.1, -0.05) is 6.92 Å². The molecule has 0 saturated heterocycles. The molecule has 3 aliphatic carbocycles. The van der Waals surface area contributed by atoms with E-state index in [1.165, 1.54) is 24.9 Å². The number of halogens is 7. The van der Waals surface area contributed by atoms with Crippen LogP contribution in [0.1, 0.15) is 71.3 Å². The van der Waals surface area contributed by atoms with E-state index < -0.39 is 35.0 Å². The van der Waals surface area contributed by atoms with Crippen molar-refractivity contribution in [1.82, 2.24) is 4.31 Å². The van der Waals surface area contributed by atoms with Gasteiger partial charge in [0.2, 0.25) is 11.8 Å². The topological polar surface area (TPSA) is 42.0 Å². The highest BCUT2D eigenvalue weighted by molar-refractivity contribution is 7.97. The van der Waals surface area contributed by atoms with E-state index in [0.29, 0.717) is 49.4 Å². The van der Waals surface area contributed by atoms with Crippen LogP contribution in [0.3, 0.4) is 0 Å². The first kappa shape index (κ1) is 33.0. The molecule has 1 aliphatic heterocycles. The maximum absolute atomic E-state index is 14.2. The summed E-state index contributed by atoms with van der Waals surface area (Å²) in [6.45, 7) is 5.22. The molecule has 1 aromatic rings. The Morgan fingerprint density at radius 3 is 2.14 bits per heavy atom. The Morgan fingerprint density at radius 2 is 1.64 bits per heavy atom. The van der Waals surface area contributed by atoms with Gasteiger partial charge in [-0.3, -0.25) is 4.79 Å². The van der Waals surface area contributed by atoms with Gasteiger partial charge in [-0.15, -0.1) is 0 Å². The minimum Gasteiger partial charge on any atom is -0.492 e. The third-order valence-electron chi connectivity index (χ3n) is 8.65. The Bertz CT molecular complexity index is 1110. The average Bonchev–Trinajstić information content (AvgIpc) is 3.54. The van der Waals surface area contributed by atoms with Crippen LogP contribution >= 0.6 is 11.9 Å². The number of ether oxygens (including phenoxy) is 2. The molecule has 4 aliphatic rings. The second-order valence-corrected chi connectivity index (χ2v) is 13.3. The summed E-state index contributed by atoms with van der Waals surface area (Å²) in [4.78, 5) is 14.9. The number of carbonyl (C=O) groups is 1. The molecule has 5 rings (SSSR count). The summed E-state index contributed by atoms with van der Waals surface area (Å²) < 4.78 is 106. The van der Waals surface area contributed by atoms with E-state index in [1.807, 2.05) is 16.3 Å². The van der Waals surface area contributed by atoms with Crippen molar-refractivity contribution < 1.29 is 45.0 Å². The SMILES string of the molecule is CCC(C)(F)F.CCOC(=O)C1(COc2cc3c(cc2C(F)(F)F)N(C2CC4CC(F)(F)CC4C2)CCN(C)S3)CC1. The summed E-state index contributed by atoms with van der Waals surface area (Å²) in [5.74, 6) is -6.02. The van der Waals surface area contributed by atoms with Crippen molar-refractivity contribution in [2.45, 2.75) is 94.7 Å². The number of anilines is 1. The first-order chi connectivity index (χ1) is 19.5. The highest BCUT2D eigenvalue weighted by atomic mass is 32.2. The van der Waals surface area contributed by atoms with Gasteiger partial charge in [0, 0.05) is 38.4 Å². The Balaban J connectivity index is 0.000000612. The van der Waals surface area contributed by atoms with Gasteiger partial charge in [0.05, 0.1) is 22.8 Å². The van der Waals surface area contributed by atoms with Crippen molar-refractivity contribution in [3.8, 4) is 5.75 Å². The van der Waals surface area contributed by atoms with Gasteiger partial charge in [-0.25, -0.2) is 21.9 Å². The summed E-state index contributed by atoms with van der Waals surface area (Å²) in [6.07, 6.45) is -2.82. The number of nitrogens with zero attached hydrogens (tertiary/aromatic N) is 2. The minimum atomic E-state index is -4.66. The number of likely N-dealkylation sites (N-methyl/N-ethyl adjacent to an activating group) is 1. The number of hydrogen-bond donors (Lipinski definition) is 0. The van der Waals surface area contributed by atoms with Crippen LogP contribution in [0.25, 0.3) is 0 Å². The van der Waals surface area contributed by atoms with Crippen molar-refractivity contribution in [2.75, 3.05) is 38.3 Å². The molecule has 13 heteroatoms. The number of benzene rings is 1. The van der Waals surface area contributed by atoms with Gasteiger partial charge in [-0.05, 0) is 82.5 Å². The maximum Gasteiger partial charge on any atom is 0.420 e. The monoisotopic (exact) mass is 628 g/mol. The molecule has 0 aromatic heterocycles. The van der Waals surface area contributed by atoms with Crippen LogP contribution in [0.5, 0.6) is 5.75 Å². The molecular weight excluding hydrogens is 589 g/mol. The fraction of sp³-hybridized carbons (Fsp3) is 0.759. The molecule has 2 unspecified atom stereocenters. The Hall–Kier alpha value is -1.89. The summed E-state index contributed by atoms with van der Waals surface area (Å²) in [5, 5.41) is 0. The molecule has 2 atom stereocenters. The number of hydrogen-bond acceptors (Lipinski definition) is 6. The second-order valence-electron chi connectivity index (χ2n) is 12.1. The van der Waals surface area contributed by atoms with E-state index in [-0.39, 0.29) is 56.1 Å². The lowest BCUT2D eigenvalue weighted by atomic mass is 10.0. The van der Waals surface area contributed by atoms with Gasteiger partial charge in [0.1, 0.15) is 17.8 Å².